The van der Waals surface area contributed by atoms with Gasteiger partial charge < -0.3 is 20.2 Å². The molecule has 6 aromatic rings. The first-order chi connectivity index (χ1) is 26.3. The zero-order valence-electron chi connectivity index (χ0n) is 31.7. The molecule has 0 spiro atoms. The molecule has 0 bridgehead atoms. The monoisotopic (exact) mass is 776 g/mol. The van der Waals surface area contributed by atoms with E-state index >= 15 is 0 Å². The van der Waals surface area contributed by atoms with Gasteiger partial charge >= 0.3 is 5.97 Å². The second-order valence-corrected chi connectivity index (χ2v) is 16.9. The van der Waals surface area contributed by atoms with Gasteiger partial charge in [-0.1, -0.05) is 44.2 Å². The smallest absolute Gasteiger partial charge is 0.306 e. The first kappa shape index (κ1) is 37.8. The number of aromatic nitrogens is 6. The molecule has 284 valence electrons. The van der Waals surface area contributed by atoms with Gasteiger partial charge in [0.05, 0.1) is 22.3 Å². The van der Waals surface area contributed by atoms with Gasteiger partial charge in [-0.15, -0.1) is 10.2 Å². The Kier molecular flexibility index (Phi) is 10.8. The highest BCUT2D eigenvalue weighted by atomic mass is 32.2. The number of aryl methyl sites for hydroxylation is 1. The lowest BCUT2D eigenvalue weighted by Gasteiger charge is -2.32. The van der Waals surface area contributed by atoms with Crippen molar-refractivity contribution >= 4 is 73.7 Å². The summed E-state index contributed by atoms with van der Waals surface area (Å²) in [5, 5.41) is 27.1. The van der Waals surface area contributed by atoms with Crippen LogP contribution in [-0.4, -0.2) is 67.1 Å². The number of para-hydroxylation sites is 1. The Labute approximate surface area is 328 Å². The summed E-state index contributed by atoms with van der Waals surface area (Å²) in [6.07, 6.45) is 3.05. The van der Waals surface area contributed by atoms with Crippen molar-refractivity contribution in [2.45, 2.75) is 58.9 Å². The maximum absolute atomic E-state index is 14.1. The molecule has 7 rings (SSSR count). The van der Waals surface area contributed by atoms with Crippen molar-refractivity contribution < 1.29 is 14.7 Å². The van der Waals surface area contributed by atoms with Crippen LogP contribution in [0.25, 0.3) is 21.3 Å². The highest BCUT2D eigenvalue weighted by Gasteiger charge is 2.25. The summed E-state index contributed by atoms with van der Waals surface area (Å²) >= 11 is 2.77. The topological polar surface area (TPSA) is 154 Å². The average Bonchev–Trinajstić information content (AvgIpc) is 3.75. The molecule has 1 saturated heterocycles. The van der Waals surface area contributed by atoms with Crippen LogP contribution in [-0.2, 0) is 11.3 Å². The molecule has 3 N–H and O–H groups in total. The highest BCUT2D eigenvalue weighted by molar-refractivity contribution is 7.98. The molecule has 1 aliphatic heterocycles. The summed E-state index contributed by atoms with van der Waals surface area (Å²) < 4.78 is 6.07. The Hall–Kier alpha value is -5.54. The van der Waals surface area contributed by atoms with Crippen molar-refractivity contribution in [1.82, 2.24) is 34.7 Å². The molecule has 55 heavy (non-hydrogen) atoms. The van der Waals surface area contributed by atoms with Crippen LogP contribution in [0.5, 0.6) is 0 Å². The first-order valence-corrected chi connectivity index (χ1v) is 19.8. The number of rotatable bonds is 11. The standard InChI is InChI=1S/C40H44N10O3S2/c1-24-21-34(45-46-36(24)44-39-42-31-9-7-8-10-32(31)54-39)48(6)33-16-15-29(30-22-41-50(25(30)2)23-40(3,4)5)35(43-33)37(51)47-55-28-13-11-27(12-14-28)49-19-17-26(18-20-49)38(52)53/h7-16,21-22,26H,17-20,23H2,1-6H3,(H,47,51)(H,52,53)(H,42,44,46). The molecule has 0 radical (unpaired) electrons. The molecule has 15 heteroatoms. The fraction of sp³-hybridized carbons (Fsp3) is 0.325. The predicted molar refractivity (Wildman–Crippen MR) is 220 cm³/mol. The lowest BCUT2D eigenvalue weighted by Crippen LogP contribution is -2.36. The van der Waals surface area contributed by atoms with Gasteiger partial charge in [0.1, 0.15) is 11.5 Å². The van der Waals surface area contributed by atoms with E-state index < -0.39 is 5.97 Å². The zero-order valence-corrected chi connectivity index (χ0v) is 33.3. The molecule has 1 fully saturated rings. The number of piperidine rings is 1. The highest BCUT2D eigenvalue weighted by Crippen LogP contribution is 2.33. The van der Waals surface area contributed by atoms with Gasteiger partial charge in [-0.3, -0.25) is 19.0 Å². The maximum Gasteiger partial charge on any atom is 0.306 e. The van der Waals surface area contributed by atoms with Crippen molar-refractivity contribution in [1.29, 1.82) is 0 Å². The Balaban J connectivity index is 1.12. The number of carbonyl (C=O) groups excluding carboxylic acids is 1. The van der Waals surface area contributed by atoms with Crippen LogP contribution in [0, 0.1) is 25.2 Å². The van der Waals surface area contributed by atoms with Gasteiger partial charge in [-0.2, -0.15) is 5.10 Å². The molecule has 2 aromatic carbocycles. The van der Waals surface area contributed by atoms with Crippen LogP contribution in [0.4, 0.5) is 28.3 Å². The predicted octanol–water partition coefficient (Wildman–Crippen LogP) is 8.26. The van der Waals surface area contributed by atoms with Gasteiger partial charge in [0, 0.05) is 54.1 Å². The van der Waals surface area contributed by atoms with Crippen LogP contribution in [0.2, 0.25) is 0 Å². The number of benzene rings is 2. The molecule has 1 amide bonds. The number of hydrogen-bond acceptors (Lipinski definition) is 12. The van der Waals surface area contributed by atoms with Crippen LogP contribution in [0.15, 0.2) is 77.8 Å². The largest absolute Gasteiger partial charge is 0.481 e. The lowest BCUT2D eigenvalue weighted by atomic mass is 9.97. The molecule has 5 heterocycles. The van der Waals surface area contributed by atoms with Crippen molar-refractivity contribution in [3.63, 3.8) is 0 Å². The Morgan fingerprint density at radius 2 is 1.71 bits per heavy atom. The quantitative estimate of drug-likeness (QED) is 0.109. The molecule has 0 unspecified atom stereocenters. The summed E-state index contributed by atoms with van der Waals surface area (Å²) in [7, 11) is 1.85. The molecule has 0 aliphatic carbocycles. The number of anilines is 5. The summed E-state index contributed by atoms with van der Waals surface area (Å²) in [6, 6.07) is 21.6. The van der Waals surface area contributed by atoms with Crippen molar-refractivity contribution in [3.05, 3.63) is 89.9 Å². The molecule has 0 atom stereocenters. The SMILES string of the molecule is Cc1cc(N(C)c2ccc(-c3cnn(CC(C)(C)C)c3C)c(C(=O)NSc3ccc(N4CCC(C(=O)O)CC4)cc3)n2)nnc1Nc1nc2ccccc2s1. The normalized spacial score (nSPS) is 13.6. The van der Waals surface area contributed by atoms with Crippen molar-refractivity contribution in [2.24, 2.45) is 11.3 Å². The molecule has 4 aromatic heterocycles. The zero-order chi connectivity index (χ0) is 38.9. The Morgan fingerprint density at radius 1 is 0.964 bits per heavy atom. The molecule has 1 aliphatic rings. The second-order valence-electron chi connectivity index (χ2n) is 15.0. The third-order valence-electron chi connectivity index (χ3n) is 9.60. The van der Waals surface area contributed by atoms with E-state index in [1.165, 1.54) is 11.9 Å². The van der Waals surface area contributed by atoms with Crippen molar-refractivity contribution in [3.8, 4) is 11.1 Å². The number of carbonyl (C=O) groups is 2. The fourth-order valence-corrected chi connectivity index (χ4v) is 7.96. The minimum Gasteiger partial charge on any atom is -0.481 e. The van der Waals surface area contributed by atoms with Gasteiger partial charge in [-0.25, -0.2) is 9.97 Å². The molecule has 13 nitrogen and oxygen atoms in total. The fourth-order valence-electron chi connectivity index (χ4n) is 6.51. The number of nitrogens with one attached hydrogen (secondary N) is 2. The van der Waals surface area contributed by atoms with Crippen LogP contribution in [0.3, 0.4) is 0 Å². The van der Waals surface area contributed by atoms with Crippen LogP contribution < -0.4 is 19.8 Å². The van der Waals surface area contributed by atoms with E-state index in [0.29, 0.717) is 48.9 Å². The van der Waals surface area contributed by atoms with Gasteiger partial charge in [-0.05, 0) is 104 Å². The number of thiazole rings is 1. The van der Waals surface area contributed by atoms with E-state index in [1.54, 1.807) is 17.5 Å². The second kappa shape index (κ2) is 15.7. The number of pyridine rings is 1. The third-order valence-corrected chi connectivity index (χ3v) is 11.3. The van der Waals surface area contributed by atoms with E-state index in [1.807, 2.05) is 97.2 Å². The van der Waals surface area contributed by atoms with E-state index in [2.05, 4.69) is 56.0 Å². The van der Waals surface area contributed by atoms with Crippen LogP contribution in [0.1, 0.15) is 55.4 Å². The maximum atomic E-state index is 14.1. The number of fused-ring (bicyclic) bond motifs is 1. The number of nitrogens with zero attached hydrogens (tertiary/aromatic N) is 8. The number of hydrogen-bond donors (Lipinski definition) is 3. The molecule has 0 saturated carbocycles. The summed E-state index contributed by atoms with van der Waals surface area (Å²) in [5.41, 5.74) is 5.54. The minimum absolute atomic E-state index is 0.0127. The van der Waals surface area contributed by atoms with E-state index in [4.69, 9.17) is 4.98 Å². The van der Waals surface area contributed by atoms with E-state index in [0.717, 1.165) is 49.3 Å². The number of aliphatic carboxylic acids is 1. The van der Waals surface area contributed by atoms with Gasteiger partial charge in [0.15, 0.2) is 16.8 Å². The van der Waals surface area contributed by atoms with Gasteiger partial charge in [0.2, 0.25) is 0 Å². The van der Waals surface area contributed by atoms with E-state index in [-0.39, 0.29) is 22.9 Å². The van der Waals surface area contributed by atoms with Crippen molar-refractivity contribution in [2.75, 3.05) is 35.3 Å². The molecular formula is C40H44N10O3S2. The van der Waals surface area contributed by atoms with Crippen LogP contribution >= 0.6 is 23.3 Å². The number of carboxylic acid groups (broad SMARTS) is 1. The Morgan fingerprint density at radius 3 is 2.40 bits per heavy atom. The summed E-state index contributed by atoms with van der Waals surface area (Å²) in [5.74, 6) is 0.333. The van der Waals surface area contributed by atoms with Gasteiger partial charge in [0.25, 0.3) is 5.91 Å². The minimum atomic E-state index is -0.724. The lowest BCUT2D eigenvalue weighted by molar-refractivity contribution is -0.142. The summed E-state index contributed by atoms with van der Waals surface area (Å²) in [6.45, 7) is 12.6. The number of carboxylic acids is 1. The third kappa shape index (κ3) is 8.57. The summed E-state index contributed by atoms with van der Waals surface area (Å²) in [4.78, 5) is 39.9. The van der Waals surface area contributed by atoms with E-state index in [9.17, 15) is 14.7 Å². The Bertz CT molecular complexity index is 2310. The first-order valence-electron chi connectivity index (χ1n) is 18.1. The number of amides is 1. The average molecular weight is 777 g/mol. The molecular weight excluding hydrogens is 733 g/mol.